The van der Waals surface area contributed by atoms with Crippen LogP contribution in [0.3, 0.4) is 0 Å². The van der Waals surface area contributed by atoms with Crippen LogP contribution in [0.25, 0.3) is 0 Å². The van der Waals surface area contributed by atoms with Crippen LogP contribution in [0.5, 0.6) is 0 Å². The van der Waals surface area contributed by atoms with Gasteiger partial charge in [0.1, 0.15) is 0 Å². The Labute approximate surface area is 139 Å². The summed E-state index contributed by atoms with van der Waals surface area (Å²) in [5, 5.41) is 12.7. The lowest BCUT2D eigenvalue weighted by molar-refractivity contribution is 0.321. The number of hydrogen-bond acceptors (Lipinski definition) is 6. The lowest BCUT2D eigenvalue weighted by atomic mass is 10.1. The number of benzene rings is 1. The van der Waals surface area contributed by atoms with Crippen molar-refractivity contribution in [2.24, 2.45) is 0 Å². The lowest BCUT2D eigenvalue weighted by Gasteiger charge is -2.19. The van der Waals surface area contributed by atoms with E-state index in [1.54, 1.807) is 16.8 Å². The van der Waals surface area contributed by atoms with Gasteiger partial charge in [-0.25, -0.2) is 13.1 Å². The number of hydrogen-bond donors (Lipinski definition) is 0. The first-order valence-corrected chi connectivity index (χ1v) is 9.62. The summed E-state index contributed by atoms with van der Waals surface area (Å²) >= 11 is 7.10. The van der Waals surface area contributed by atoms with Crippen molar-refractivity contribution in [1.29, 1.82) is 0 Å². The van der Waals surface area contributed by atoms with Gasteiger partial charge in [-0.05, 0) is 55.5 Å². The second-order valence-corrected chi connectivity index (χ2v) is 9.27. The molecule has 22 heavy (non-hydrogen) atoms. The van der Waals surface area contributed by atoms with Gasteiger partial charge < -0.3 is 0 Å². The third kappa shape index (κ3) is 4.21. The van der Waals surface area contributed by atoms with Crippen LogP contribution in [0.2, 0.25) is 5.02 Å². The van der Waals surface area contributed by atoms with Crippen molar-refractivity contribution in [2.75, 3.05) is 11.5 Å². The van der Waals surface area contributed by atoms with Gasteiger partial charge in [0.15, 0.2) is 9.84 Å². The Kier molecular flexibility index (Phi) is 5.14. The smallest absolute Gasteiger partial charge is 0.209 e. The Balaban J connectivity index is 2.02. The van der Waals surface area contributed by atoms with Crippen molar-refractivity contribution in [3.8, 4) is 0 Å². The molecule has 0 atom stereocenters. The summed E-state index contributed by atoms with van der Waals surface area (Å²) in [6.45, 7) is 5.95. The molecule has 9 heteroatoms. The number of thioether (sulfide) groups is 1. The summed E-state index contributed by atoms with van der Waals surface area (Å²) in [6.07, 6.45) is 0. The maximum atomic E-state index is 12.2. The Morgan fingerprint density at radius 2 is 1.86 bits per heavy atom. The lowest BCUT2D eigenvalue weighted by Crippen LogP contribution is -2.24. The van der Waals surface area contributed by atoms with Gasteiger partial charge in [-0.1, -0.05) is 23.4 Å². The maximum Gasteiger partial charge on any atom is 0.209 e. The quantitative estimate of drug-likeness (QED) is 0.763. The largest absolute Gasteiger partial charge is 0.224 e. The van der Waals surface area contributed by atoms with Gasteiger partial charge in [0.25, 0.3) is 0 Å². The number of rotatable bonds is 5. The molecule has 0 radical (unpaired) electrons. The van der Waals surface area contributed by atoms with E-state index in [0.29, 0.717) is 15.9 Å². The van der Waals surface area contributed by atoms with Crippen molar-refractivity contribution in [3.63, 3.8) is 0 Å². The molecule has 0 amide bonds. The summed E-state index contributed by atoms with van der Waals surface area (Å²) in [4.78, 5) is 0.271. The van der Waals surface area contributed by atoms with E-state index in [9.17, 15) is 8.42 Å². The van der Waals surface area contributed by atoms with Crippen molar-refractivity contribution in [1.82, 2.24) is 20.2 Å². The molecule has 0 aliphatic carbocycles. The van der Waals surface area contributed by atoms with Crippen LogP contribution in [0, 0.1) is 0 Å². The second-order valence-electron chi connectivity index (χ2n) is 5.67. The van der Waals surface area contributed by atoms with E-state index in [1.807, 2.05) is 20.8 Å². The molecule has 1 aromatic heterocycles. The molecule has 0 fully saturated rings. The van der Waals surface area contributed by atoms with E-state index in [0.717, 1.165) is 0 Å². The minimum absolute atomic E-state index is 0.0102. The van der Waals surface area contributed by atoms with Gasteiger partial charge >= 0.3 is 0 Å². The molecule has 120 valence electrons. The molecular formula is C13H17ClN4O2S2. The molecule has 0 saturated heterocycles. The van der Waals surface area contributed by atoms with Gasteiger partial charge in [-0.2, -0.15) is 0 Å². The highest BCUT2D eigenvalue weighted by Crippen LogP contribution is 2.23. The normalized spacial score (nSPS) is 12.5. The molecule has 0 spiro atoms. The predicted molar refractivity (Wildman–Crippen MR) is 87.0 cm³/mol. The highest BCUT2D eigenvalue weighted by atomic mass is 35.5. The van der Waals surface area contributed by atoms with Gasteiger partial charge in [-0.15, -0.1) is 5.10 Å². The summed E-state index contributed by atoms with van der Waals surface area (Å²) in [5.41, 5.74) is -0.249. The molecule has 2 aromatic rings. The van der Waals surface area contributed by atoms with E-state index in [4.69, 9.17) is 11.6 Å². The fraction of sp³-hybridized carbons (Fsp3) is 0.462. The molecule has 0 aliphatic rings. The van der Waals surface area contributed by atoms with Crippen LogP contribution in [-0.2, 0) is 15.4 Å². The zero-order valence-electron chi connectivity index (χ0n) is 12.5. The SMILES string of the molecule is CC(C)(C)n1nnnc1SCCS(=O)(=O)c1ccc(Cl)cc1. The summed E-state index contributed by atoms with van der Waals surface area (Å²) in [5.74, 6) is 0.387. The molecule has 0 bridgehead atoms. The average molecular weight is 361 g/mol. The summed E-state index contributed by atoms with van der Waals surface area (Å²) < 4.78 is 26.2. The summed E-state index contributed by atoms with van der Waals surface area (Å²) in [6, 6.07) is 6.17. The monoisotopic (exact) mass is 360 g/mol. The fourth-order valence-electron chi connectivity index (χ4n) is 1.69. The molecule has 2 rings (SSSR count). The fourth-order valence-corrected chi connectivity index (χ4v) is 4.53. The minimum atomic E-state index is -3.34. The van der Waals surface area contributed by atoms with Crippen LogP contribution < -0.4 is 0 Å². The van der Waals surface area contributed by atoms with Crippen LogP contribution in [0.4, 0.5) is 0 Å². The van der Waals surface area contributed by atoms with Crippen molar-refractivity contribution in [2.45, 2.75) is 36.4 Å². The molecule has 0 N–H and O–H groups in total. The molecule has 1 aromatic carbocycles. The second kappa shape index (κ2) is 6.55. The number of tetrazole rings is 1. The first-order valence-electron chi connectivity index (χ1n) is 6.60. The Morgan fingerprint density at radius 3 is 2.45 bits per heavy atom. The molecular weight excluding hydrogens is 344 g/mol. The number of halogens is 1. The highest BCUT2D eigenvalue weighted by molar-refractivity contribution is 8.00. The zero-order chi connectivity index (χ0) is 16.4. The van der Waals surface area contributed by atoms with E-state index in [1.165, 1.54) is 23.9 Å². The molecule has 1 heterocycles. The minimum Gasteiger partial charge on any atom is -0.224 e. The number of nitrogens with zero attached hydrogens (tertiary/aromatic N) is 4. The Morgan fingerprint density at radius 1 is 1.23 bits per heavy atom. The predicted octanol–water partition coefficient (Wildman–Crippen LogP) is 2.65. The van der Waals surface area contributed by atoms with Crippen molar-refractivity contribution >= 4 is 33.2 Å². The maximum absolute atomic E-state index is 12.2. The third-order valence-electron chi connectivity index (χ3n) is 2.83. The molecule has 0 saturated carbocycles. The standard InChI is InChI=1S/C13H17ClN4O2S2/c1-13(2,3)18-12(15-16-17-18)21-8-9-22(19,20)11-6-4-10(14)5-7-11/h4-7H,8-9H2,1-3H3. The zero-order valence-corrected chi connectivity index (χ0v) is 14.9. The van der Waals surface area contributed by atoms with Crippen LogP contribution in [0.1, 0.15) is 20.8 Å². The van der Waals surface area contributed by atoms with E-state index in [-0.39, 0.29) is 16.2 Å². The molecule has 6 nitrogen and oxygen atoms in total. The first-order chi connectivity index (χ1) is 10.2. The van der Waals surface area contributed by atoms with Gasteiger partial charge in [0, 0.05) is 10.8 Å². The third-order valence-corrected chi connectivity index (χ3v) is 6.00. The van der Waals surface area contributed by atoms with Crippen molar-refractivity contribution in [3.05, 3.63) is 29.3 Å². The Bertz CT molecular complexity index is 736. The topological polar surface area (TPSA) is 77.7 Å². The van der Waals surface area contributed by atoms with Gasteiger partial charge in [0.05, 0.1) is 16.2 Å². The first kappa shape index (κ1) is 17.2. The van der Waals surface area contributed by atoms with E-state index in [2.05, 4.69) is 15.5 Å². The number of sulfone groups is 1. The van der Waals surface area contributed by atoms with E-state index >= 15 is 0 Å². The van der Waals surface area contributed by atoms with Gasteiger partial charge in [0.2, 0.25) is 5.16 Å². The molecule has 0 aliphatic heterocycles. The highest BCUT2D eigenvalue weighted by Gasteiger charge is 2.21. The summed E-state index contributed by atoms with van der Waals surface area (Å²) in [7, 11) is -3.34. The Hall–Kier alpha value is -1.12. The van der Waals surface area contributed by atoms with Crippen molar-refractivity contribution < 1.29 is 8.42 Å². The van der Waals surface area contributed by atoms with Crippen LogP contribution in [0.15, 0.2) is 34.3 Å². The average Bonchev–Trinajstić information content (AvgIpc) is 2.87. The molecule has 0 unspecified atom stereocenters. The van der Waals surface area contributed by atoms with Crippen LogP contribution >= 0.6 is 23.4 Å². The number of aromatic nitrogens is 4. The van der Waals surface area contributed by atoms with Crippen LogP contribution in [-0.4, -0.2) is 40.1 Å². The van der Waals surface area contributed by atoms with E-state index < -0.39 is 9.84 Å². The van der Waals surface area contributed by atoms with Gasteiger partial charge in [-0.3, -0.25) is 0 Å².